The van der Waals surface area contributed by atoms with Crippen molar-refractivity contribution in [3.63, 3.8) is 0 Å². The highest BCUT2D eigenvalue weighted by atomic mass is 79.9. The molecule has 1 aromatic carbocycles. The monoisotopic (exact) mass is 311 g/mol. The van der Waals surface area contributed by atoms with E-state index in [1.54, 1.807) is 0 Å². The van der Waals surface area contributed by atoms with Gasteiger partial charge in [0.15, 0.2) is 0 Å². The van der Waals surface area contributed by atoms with Crippen molar-refractivity contribution >= 4 is 15.9 Å². The van der Waals surface area contributed by atoms with Crippen LogP contribution in [0.1, 0.15) is 52.2 Å². The first kappa shape index (κ1) is 15.7. The van der Waals surface area contributed by atoms with Gasteiger partial charge in [0.2, 0.25) is 0 Å². The van der Waals surface area contributed by atoms with E-state index in [0.717, 1.165) is 13.0 Å². The second kappa shape index (κ2) is 6.72. The van der Waals surface area contributed by atoms with Crippen LogP contribution in [-0.4, -0.2) is 10.9 Å². The molecular weight excluding hydrogens is 286 g/mol. The molecule has 1 aromatic rings. The van der Waals surface area contributed by atoms with Crippen molar-refractivity contribution in [3.05, 3.63) is 35.4 Å². The number of nitrogens with one attached hydrogen (secondary N) is 1. The zero-order valence-corrected chi connectivity index (χ0v) is 13.8. The van der Waals surface area contributed by atoms with Crippen LogP contribution in [0.2, 0.25) is 0 Å². The Morgan fingerprint density at radius 2 is 1.67 bits per heavy atom. The maximum Gasteiger partial charge on any atom is 0.0207 e. The molecule has 0 heterocycles. The lowest BCUT2D eigenvalue weighted by Crippen LogP contribution is -2.27. The van der Waals surface area contributed by atoms with Gasteiger partial charge in [-0.25, -0.2) is 0 Å². The predicted molar refractivity (Wildman–Crippen MR) is 84.4 cm³/mol. The summed E-state index contributed by atoms with van der Waals surface area (Å²) in [6, 6.07) is 9.50. The van der Waals surface area contributed by atoms with Gasteiger partial charge in [0.05, 0.1) is 0 Å². The van der Waals surface area contributed by atoms with Crippen molar-refractivity contribution in [1.29, 1.82) is 0 Å². The molecule has 0 bridgehead atoms. The van der Waals surface area contributed by atoms with Crippen LogP contribution >= 0.6 is 15.9 Å². The van der Waals surface area contributed by atoms with Crippen molar-refractivity contribution < 1.29 is 0 Å². The molecule has 0 aliphatic rings. The van der Waals surface area contributed by atoms with Crippen LogP contribution in [0, 0.1) is 0 Å². The van der Waals surface area contributed by atoms with Gasteiger partial charge in [-0.2, -0.15) is 0 Å². The Balaban J connectivity index is 2.49. The molecule has 0 fully saturated rings. The van der Waals surface area contributed by atoms with E-state index in [9.17, 15) is 0 Å². The maximum atomic E-state index is 3.59. The highest BCUT2D eigenvalue weighted by Crippen LogP contribution is 2.22. The van der Waals surface area contributed by atoms with Gasteiger partial charge in [-0.3, -0.25) is 0 Å². The van der Waals surface area contributed by atoms with Gasteiger partial charge in [0.25, 0.3) is 0 Å². The summed E-state index contributed by atoms with van der Waals surface area (Å²) < 4.78 is 0. The standard InChI is InChI=1S/C16H26BrN/c1-12(17)10-13(2)18-11-14-6-8-15(9-7-14)16(3,4)5/h6-9,12-13,18H,10-11H2,1-5H3. The van der Waals surface area contributed by atoms with Gasteiger partial charge in [0.1, 0.15) is 0 Å². The zero-order valence-electron chi connectivity index (χ0n) is 12.3. The molecule has 2 atom stereocenters. The van der Waals surface area contributed by atoms with E-state index < -0.39 is 0 Å². The Hall–Kier alpha value is -0.340. The van der Waals surface area contributed by atoms with E-state index in [4.69, 9.17) is 0 Å². The Morgan fingerprint density at radius 3 is 2.11 bits per heavy atom. The molecule has 0 saturated heterocycles. The van der Waals surface area contributed by atoms with Crippen LogP contribution in [0.4, 0.5) is 0 Å². The van der Waals surface area contributed by atoms with E-state index in [2.05, 4.69) is 80.1 Å². The normalized spacial score (nSPS) is 15.4. The average molecular weight is 312 g/mol. The van der Waals surface area contributed by atoms with Crippen molar-refractivity contribution in [2.75, 3.05) is 0 Å². The average Bonchev–Trinajstić information content (AvgIpc) is 2.25. The number of hydrogen-bond acceptors (Lipinski definition) is 1. The molecule has 0 saturated carbocycles. The van der Waals surface area contributed by atoms with E-state index in [0.29, 0.717) is 10.9 Å². The Kier molecular flexibility index (Phi) is 5.87. The van der Waals surface area contributed by atoms with Crippen molar-refractivity contribution in [3.8, 4) is 0 Å². The fraction of sp³-hybridized carbons (Fsp3) is 0.625. The molecule has 0 aromatic heterocycles. The van der Waals surface area contributed by atoms with Gasteiger partial charge >= 0.3 is 0 Å². The van der Waals surface area contributed by atoms with Crippen LogP contribution in [0.3, 0.4) is 0 Å². The first-order valence-corrected chi connectivity index (χ1v) is 7.67. The summed E-state index contributed by atoms with van der Waals surface area (Å²) in [5, 5.41) is 3.56. The quantitative estimate of drug-likeness (QED) is 0.781. The van der Waals surface area contributed by atoms with E-state index >= 15 is 0 Å². The van der Waals surface area contributed by atoms with E-state index in [1.807, 2.05) is 0 Å². The third-order valence-electron chi connectivity index (χ3n) is 3.15. The van der Waals surface area contributed by atoms with Crippen molar-refractivity contribution in [2.45, 2.75) is 63.9 Å². The molecule has 0 aliphatic carbocycles. The van der Waals surface area contributed by atoms with Crippen LogP contribution in [0.5, 0.6) is 0 Å². The Bertz CT molecular complexity index is 348. The van der Waals surface area contributed by atoms with Gasteiger partial charge in [-0.15, -0.1) is 0 Å². The lowest BCUT2D eigenvalue weighted by Gasteiger charge is -2.20. The van der Waals surface area contributed by atoms with Crippen molar-refractivity contribution in [2.24, 2.45) is 0 Å². The Morgan fingerprint density at radius 1 is 1.11 bits per heavy atom. The molecule has 0 aliphatic heterocycles. The largest absolute Gasteiger partial charge is 0.310 e. The second-order valence-electron chi connectivity index (χ2n) is 6.25. The van der Waals surface area contributed by atoms with Gasteiger partial charge in [-0.05, 0) is 29.9 Å². The lowest BCUT2D eigenvalue weighted by molar-refractivity contribution is 0.515. The number of benzene rings is 1. The first-order chi connectivity index (χ1) is 8.29. The summed E-state index contributed by atoms with van der Waals surface area (Å²) in [6.45, 7) is 12.1. The molecule has 0 radical (unpaired) electrons. The molecule has 0 spiro atoms. The van der Waals surface area contributed by atoms with Crippen LogP contribution in [-0.2, 0) is 12.0 Å². The third-order valence-corrected chi connectivity index (χ3v) is 3.53. The highest BCUT2D eigenvalue weighted by Gasteiger charge is 2.12. The summed E-state index contributed by atoms with van der Waals surface area (Å²) in [6.07, 6.45) is 1.15. The van der Waals surface area contributed by atoms with E-state index in [-0.39, 0.29) is 5.41 Å². The van der Waals surface area contributed by atoms with Crippen LogP contribution < -0.4 is 5.32 Å². The minimum atomic E-state index is 0.241. The maximum absolute atomic E-state index is 3.59. The van der Waals surface area contributed by atoms with Gasteiger partial charge in [0, 0.05) is 17.4 Å². The highest BCUT2D eigenvalue weighted by molar-refractivity contribution is 9.09. The summed E-state index contributed by atoms with van der Waals surface area (Å²) in [4.78, 5) is 0.572. The number of rotatable bonds is 5. The minimum absolute atomic E-state index is 0.241. The minimum Gasteiger partial charge on any atom is -0.310 e. The second-order valence-corrected chi connectivity index (χ2v) is 7.81. The van der Waals surface area contributed by atoms with E-state index in [1.165, 1.54) is 11.1 Å². The molecule has 2 heteroatoms. The number of halogens is 1. The number of hydrogen-bond donors (Lipinski definition) is 1. The van der Waals surface area contributed by atoms with Gasteiger partial charge in [-0.1, -0.05) is 67.9 Å². The third kappa shape index (κ3) is 5.53. The first-order valence-electron chi connectivity index (χ1n) is 6.76. The van der Waals surface area contributed by atoms with Crippen molar-refractivity contribution in [1.82, 2.24) is 5.32 Å². The molecule has 1 N–H and O–H groups in total. The van der Waals surface area contributed by atoms with Gasteiger partial charge < -0.3 is 5.32 Å². The van der Waals surface area contributed by atoms with Crippen LogP contribution in [0.25, 0.3) is 0 Å². The molecule has 0 amide bonds. The Labute approximate surface area is 120 Å². The topological polar surface area (TPSA) is 12.0 Å². The molecular formula is C16H26BrN. The summed E-state index contributed by atoms with van der Waals surface area (Å²) in [7, 11) is 0. The summed E-state index contributed by atoms with van der Waals surface area (Å²) in [5.74, 6) is 0. The van der Waals surface area contributed by atoms with Crippen LogP contribution in [0.15, 0.2) is 24.3 Å². The molecule has 1 rings (SSSR count). The summed E-state index contributed by atoms with van der Waals surface area (Å²) >= 11 is 3.59. The molecule has 102 valence electrons. The summed E-state index contributed by atoms with van der Waals surface area (Å²) in [5.41, 5.74) is 3.00. The fourth-order valence-corrected chi connectivity index (χ4v) is 2.55. The number of alkyl halides is 1. The predicted octanol–water partition coefficient (Wildman–Crippen LogP) is 4.64. The molecule has 18 heavy (non-hydrogen) atoms. The molecule has 2 unspecified atom stereocenters. The molecule has 1 nitrogen and oxygen atoms in total. The lowest BCUT2D eigenvalue weighted by atomic mass is 9.87. The zero-order chi connectivity index (χ0) is 13.8. The smallest absolute Gasteiger partial charge is 0.0207 e. The fourth-order valence-electron chi connectivity index (χ4n) is 1.99. The SMILES string of the molecule is CC(Br)CC(C)NCc1ccc(C(C)(C)C)cc1.